The minimum absolute atomic E-state index is 0. The molecule has 2 aromatic carbocycles. The lowest BCUT2D eigenvalue weighted by molar-refractivity contribution is -0.137. The molecule has 0 aliphatic heterocycles. The van der Waals surface area contributed by atoms with Gasteiger partial charge in [-0.05, 0) is 67.0 Å². The fraction of sp³-hybridized carbons (Fsp3) is 0.348. The highest BCUT2D eigenvalue weighted by Gasteiger charge is 2.30. The second-order valence-electron chi connectivity index (χ2n) is 7.93. The summed E-state index contributed by atoms with van der Waals surface area (Å²) in [6, 6.07) is 13.5. The molecule has 0 atom stereocenters. The number of hydrogen-bond donors (Lipinski definition) is 3. The average molecular weight is 451 g/mol. The number of nitrogens with one attached hydrogen (secondary N) is 1. The summed E-state index contributed by atoms with van der Waals surface area (Å²) in [6.07, 6.45) is -0.418. The topological polar surface area (TPSA) is 85.9 Å². The molecule has 8 heteroatoms. The number of aromatic nitrogens is 1. The number of fused-ring (bicyclic) bond motifs is 1. The van der Waals surface area contributed by atoms with E-state index in [0.29, 0.717) is 28.9 Å². The number of pyridine rings is 1. The first-order valence-electron chi connectivity index (χ1n) is 10.0. The monoisotopic (exact) mass is 450 g/mol. The Kier molecular flexibility index (Phi) is 7.09. The largest absolute Gasteiger partial charge is 0.416 e. The maximum Gasteiger partial charge on any atom is 0.416 e. The number of rotatable bonds is 4. The van der Waals surface area contributed by atoms with E-state index in [2.05, 4.69) is 10.3 Å². The lowest BCUT2D eigenvalue weighted by Gasteiger charge is -2.30. The van der Waals surface area contributed by atoms with Crippen LogP contribution in [0.2, 0.25) is 5.02 Å². The Bertz CT molecular complexity index is 1040. The summed E-state index contributed by atoms with van der Waals surface area (Å²) in [5.41, 5.74) is 8.07. The van der Waals surface area contributed by atoms with Gasteiger partial charge in [-0.3, -0.25) is 0 Å². The zero-order valence-electron chi connectivity index (χ0n) is 17.1. The Morgan fingerprint density at radius 1 is 1.03 bits per heavy atom. The van der Waals surface area contributed by atoms with Crippen LogP contribution in [0.1, 0.15) is 48.3 Å². The molecule has 1 aliphatic carbocycles. The van der Waals surface area contributed by atoms with Crippen molar-refractivity contribution in [1.29, 1.82) is 0 Å². The molecule has 166 valence electrons. The van der Waals surface area contributed by atoms with Crippen LogP contribution in [0.15, 0.2) is 48.5 Å². The molecule has 0 unspecified atom stereocenters. The summed E-state index contributed by atoms with van der Waals surface area (Å²) >= 11 is 6.10. The smallest absolute Gasteiger partial charge is 0.384 e. The quantitative estimate of drug-likeness (QED) is 0.425. The SMILES string of the molecule is N.Nc1cc(C2CCC(NCc3cccc(C(F)(F)F)c3)CC2)c2ccc(Cl)cc2n1. The molecule has 4 rings (SSSR count). The number of nitrogens with two attached hydrogens (primary N) is 1. The number of hydrogen-bond acceptors (Lipinski definition) is 4. The van der Waals surface area contributed by atoms with E-state index >= 15 is 0 Å². The zero-order chi connectivity index (χ0) is 21.3. The number of anilines is 1. The van der Waals surface area contributed by atoms with Gasteiger partial charge in [0.1, 0.15) is 5.82 Å². The summed E-state index contributed by atoms with van der Waals surface area (Å²) in [5, 5.41) is 5.13. The molecule has 1 fully saturated rings. The van der Waals surface area contributed by atoms with Crippen LogP contribution < -0.4 is 17.2 Å². The van der Waals surface area contributed by atoms with Crippen molar-refractivity contribution in [2.45, 2.75) is 50.4 Å². The second-order valence-corrected chi connectivity index (χ2v) is 8.36. The number of nitrogen functional groups attached to an aromatic ring is 1. The predicted octanol–water partition coefficient (Wildman–Crippen LogP) is 6.47. The molecule has 0 spiro atoms. The van der Waals surface area contributed by atoms with Crippen LogP contribution in [-0.4, -0.2) is 11.0 Å². The van der Waals surface area contributed by atoms with Crippen LogP contribution in [0, 0.1) is 0 Å². The Hall–Kier alpha value is -2.35. The van der Waals surface area contributed by atoms with Crippen LogP contribution in [0.3, 0.4) is 0 Å². The van der Waals surface area contributed by atoms with Gasteiger partial charge in [-0.25, -0.2) is 4.98 Å². The molecule has 0 amide bonds. The van der Waals surface area contributed by atoms with Crippen molar-refractivity contribution in [1.82, 2.24) is 16.5 Å². The van der Waals surface area contributed by atoms with Gasteiger partial charge in [0.25, 0.3) is 0 Å². The Morgan fingerprint density at radius 2 is 1.77 bits per heavy atom. The first-order chi connectivity index (χ1) is 14.3. The van der Waals surface area contributed by atoms with Gasteiger partial charge in [0, 0.05) is 23.0 Å². The van der Waals surface area contributed by atoms with Crippen LogP contribution in [0.25, 0.3) is 10.9 Å². The third-order valence-electron chi connectivity index (χ3n) is 5.84. The lowest BCUT2D eigenvalue weighted by atomic mass is 9.80. The van der Waals surface area contributed by atoms with Gasteiger partial charge in [-0.15, -0.1) is 0 Å². The van der Waals surface area contributed by atoms with Gasteiger partial charge in [0.05, 0.1) is 11.1 Å². The fourth-order valence-electron chi connectivity index (χ4n) is 4.32. The minimum Gasteiger partial charge on any atom is -0.384 e. The van der Waals surface area contributed by atoms with Gasteiger partial charge in [-0.2, -0.15) is 13.2 Å². The average Bonchev–Trinajstić information content (AvgIpc) is 2.71. The van der Waals surface area contributed by atoms with E-state index in [4.69, 9.17) is 17.3 Å². The standard InChI is InChI=1S/C23H23ClF3N3.H3N/c24-17-6-9-19-20(12-22(28)30-21(19)11-17)15-4-7-18(8-5-15)29-13-14-2-1-3-16(10-14)23(25,26)27;/h1-3,6,9-12,15,18,29H,4-5,7-8,13H2,(H2,28,30);1H3. The van der Waals surface area contributed by atoms with Crippen molar-refractivity contribution in [2.24, 2.45) is 0 Å². The van der Waals surface area contributed by atoms with E-state index in [1.807, 2.05) is 24.3 Å². The van der Waals surface area contributed by atoms with Gasteiger partial charge in [0.15, 0.2) is 0 Å². The highest BCUT2D eigenvalue weighted by Crippen LogP contribution is 2.37. The zero-order valence-corrected chi connectivity index (χ0v) is 17.8. The van der Waals surface area contributed by atoms with E-state index in [9.17, 15) is 13.2 Å². The third kappa shape index (κ3) is 5.47. The van der Waals surface area contributed by atoms with E-state index in [1.165, 1.54) is 17.7 Å². The summed E-state index contributed by atoms with van der Waals surface area (Å²) in [6.45, 7) is 0.433. The van der Waals surface area contributed by atoms with Gasteiger partial charge >= 0.3 is 6.18 Å². The van der Waals surface area contributed by atoms with Crippen molar-refractivity contribution in [3.05, 3.63) is 70.2 Å². The number of alkyl halides is 3. The maximum absolute atomic E-state index is 12.9. The minimum atomic E-state index is -4.31. The van der Waals surface area contributed by atoms with E-state index in [1.54, 1.807) is 6.07 Å². The molecule has 1 aliphatic rings. The fourth-order valence-corrected chi connectivity index (χ4v) is 4.48. The van der Waals surface area contributed by atoms with Crippen LogP contribution >= 0.6 is 11.6 Å². The van der Waals surface area contributed by atoms with E-state index in [-0.39, 0.29) is 12.2 Å². The molecule has 0 saturated heterocycles. The highest BCUT2D eigenvalue weighted by atomic mass is 35.5. The van der Waals surface area contributed by atoms with Crippen LogP contribution in [0.5, 0.6) is 0 Å². The summed E-state index contributed by atoms with van der Waals surface area (Å²) in [5.74, 6) is 0.871. The molecule has 0 bridgehead atoms. The molecular formula is C23H26ClF3N4. The Balaban J connectivity index is 0.00000272. The molecule has 6 N–H and O–H groups in total. The summed E-state index contributed by atoms with van der Waals surface area (Å²) in [7, 11) is 0. The first-order valence-corrected chi connectivity index (χ1v) is 10.4. The van der Waals surface area contributed by atoms with Crippen molar-refractivity contribution in [3.8, 4) is 0 Å². The molecule has 1 aromatic heterocycles. The first kappa shape index (κ1) is 23.3. The van der Waals surface area contributed by atoms with Gasteiger partial charge in [-0.1, -0.05) is 35.9 Å². The summed E-state index contributed by atoms with van der Waals surface area (Å²) < 4.78 is 38.7. The molecule has 0 radical (unpaired) electrons. The van der Waals surface area contributed by atoms with Gasteiger partial charge < -0.3 is 17.2 Å². The third-order valence-corrected chi connectivity index (χ3v) is 6.07. The van der Waals surface area contributed by atoms with Crippen LogP contribution in [-0.2, 0) is 12.7 Å². The number of nitrogens with zero attached hydrogens (tertiary/aromatic N) is 1. The van der Waals surface area contributed by atoms with Crippen molar-refractivity contribution in [3.63, 3.8) is 0 Å². The maximum atomic E-state index is 12.9. The Morgan fingerprint density at radius 3 is 2.48 bits per heavy atom. The Labute approximate surface area is 184 Å². The molecule has 1 saturated carbocycles. The lowest BCUT2D eigenvalue weighted by Crippen LogP contribution is -2.32. The molecule has 1 heterocycles. The number of benzene rings is 2. The second kappa shape index (κ2) is 9.42. The van der Waals surface area contributed by atoms with Crippen LogP contribution in [0.4, 0.5) is 19.0 Å². The highest BCUT2D eigenvalue weighted by molar-refractivity contribution is 6.31. The van der Waals surface area contributed by atoms with E-state index < -0.39 is 11.7 Å². The van der Waals surface area contributed by atoms with Crippen molar-refractivity contribution < 1.29 is 13.2 Å². The molecular weight excluding hydrogens is 425 g/mol. The van der Waals surface area contributed by atoms with E-state index in [0.717, 1.165) is 42.7 Å². The summed E-state index contributed by atoms with van der Waals surface area (Å²) in [4.78, 5) is 4.40. The van der Waals surface area contributed by atoms with Gasteiger partial charge in [0.2, 0.25) is 0 Å². The molecule has 3 aromatic rings. The normalized spacial score (nSPS) is 19.2. The van der Waals surface area contributed by atoms with Crippen molar-refractivity contribution >= 4 is 28.3 Å². The molecule has 31 heavy (non-hydrogen) atoms. The predicted molar refractivity (Wildman–Crippen MR) is 119 cm³/mol. The number of halogens is 4. The molecule has 4 nitrogen and oxygen atoms in total. The van der Waals surface area contributed by atoms with Crippen molar-refractivity contribution in [2.75, 3.05) is 5.73 Å².